The van der Waals surface area contributed by atoms with Crippen molar-refractivity contribution in [3.8, 4) is 34.0 Å². The molecule has 12 heteroatoms. The molecule has 1 aromatic carbocycles. The zero-order chi connectivity index (χ0) is 23.3. The van der Waals surface area contributed by atoms with Crippen LogP contribution >= 0.6 is 11.6 Å². The Morgan fingerprint density at radius 1 is 1.09 bits per heavy atom. The number of rotatable bonds is 4. The Morgan fingerprint density at radius 2 is 1.82 bits per heavy atom. The van der Waals surface area contributed by atoms with Crippen LogP contribution in [0.5, 0.6) is 0 Å². The first-order chi connectivity index (χ1) is 15.8. The van der Waals surface area contributed by atoms with Crippen LogP contribution in [0.15, 0.2) is 47.4 Å². The fraction of sp³-hybridized carbons (Fsp3) is 0.238. The molecule has 4 aromatic rings. The number of alkyl halides is 3. The molecule has 3 heterocycles. The van der Waals surface area contributed by atoms with E-state index in [2.05, 4.69) is 20.2 Å². The third-order valence-corrected chi connectivity index (χ3v) is 5.74. The average molecular weight is 480 g/mol. The van der Waals surface area contributed by atoms with Crippen LogP contribution in [0.25, 0.3) is 34.0 Å². The van der Waals surface area contributed by atoms with Crippen LogP contribution in [-0.2, 0) is 6.18 Å². The SMILES string of the molecule is OC1CC(n2ncc(-c3onc(-c4c(F)cccc4Cl)c3-c3ncccn3)c2C(F)(F)F)C1. The lowest BCUT2D eigenvalue weighted by molar-refractivity contribution is -0.146. The van der Waals surface area contributed by atoms with Gasteiger partial charge in [0.25, 0.3) is 0 Å². The third-order valence-electron chi connectivity index (χ3n) is 5.42. The Hall–Kier alpha value is -3.31. The standard InChI is InChI=1S/C21H14ClF4N5O2/c22-13-3-1-4-14(23)15(13)17-16(20-27-5-2-6-28-20)18(33-30-17)12-9-29-31(10-7-11(32)8-10)19(12)21(24,25)26/h1-6,9-11,32H,7-8H2. The molecule has 0 saturated heterocycles. The van der Waals surface area contributed by atoms with Gasteiger partial charge in [-0.25, -0.2) is 14.4 Å². The Morgan fingerprint density at radius 3 is 2.45 bits per heavy atom. The number of nitrogens with zero attached hydrogens (tertiary/aromatic N) is 5. The van der Waals surface area contributed by atoms with Gasteiger partial charge in [-0.2, -0.15) is 18.3 Å². The number of halogens is 5. The van der Waals surface area contributed by atoms with Crippen LogP contribution in [0.1, 0.15) is 24.6 Å². The number of aromatic nitrogens is 5. The summed E-state index contributed by atoms with van der Waals surface area (Å²) in [6.45, 7) is 0. The van der Waals surface area contributed by atoms with E-state index in [-0.39, 0.29) is 46.3 Å². The summed E-state index contributed by atoms with van der Waals surface area (Å²) in [6.07, 6.45) is -1.42. The zero-order valence-electron chi connectivity index (χ0n) is 16.6. The molecule has 33 heavy (non-hydrogen) atoms. The van der Waals surface area contributed by atoms with Crippen LogP contribution in [0.3, 0.4) is 0 Å². The molecule has 0 unspecified atom stereocenters. The number of aliphatic hydroxyl groups excluding tert-OH is 1. The molecule has 1 aliphatic carbocycles. The van der Waals surface area contributed by atoms with Crippen molar-refractivity contribution >= 4 is 11.6 Å². The van der Waals surface area contributed by atoms with Crippen molar-refractivity contribution in [1.82, 2.24) is 24.9 Å². The van der Waals surface area contributed by atoms with Crippen molar-refractivity contribution in [3.05, 3.63) is 59.4 Å². The fourth-order valence-electron chi connectivity index (χ4n) is 3.85. The highest BCUT2D eigenvalue weighted by atomic mass is 35.5. The monoisotopic (exact) mass is 479 g/mol. The minimum atomic E-state index is -4.80. The van der Waals surface area contributed by atoms with Crippen molar-refractivity contribution in [2.75, 3.05) is 0 Å². The predicted molar refractivity (Wildman–Crippen MR) is 108 cm³/mol. The van der Waals surface area contributed by atoms with Crippen LogP contribution in [0.2, 0.25) is 5.02 Å². The van der Waals surface area contributed by atoms with E-state index in [9.17, 15) is 22.7 Å². The molecule has 0 atom stereocenters. The van der Waals surface area contributed by atoms with Crippen molar-refractivity contribution in [2.24, 2.45) is 0 Å². The maximum atomic E-state index is 14.7. The molecular weight excluding hydrogens is 466 g/mol. The van der Waals surface area contributed by atoms with Crippen molar-refractivity contribution in [3.63, 3.8) is 0 Å². The van der Waals surface area contributed by atoms with Gasteiger partial charge in [0.15, 0.2) is 17.3 Å². The smallest absolute Gasteiger partial charge is 0.393 e. The molecule has 3 aromatic heterocycles. The van der Waals surface area contributed by atoms with Gasteiger partial charge < -0.3 is 9.63 Å². The fourth-order valence-corrected chi connectivity index (χ4v) is 4.10. The summed E-state index contributed by atoms with van der Waals surface area (Å²) in [4.78, 5) is 8.21. The van der Waals surface area contributed by atoms with Crippen LogP contribution in [0, 0.1) is 5.82 Å². The van der Waals surface area contributed by atoms with Crippen LogP contribution in [0.4, 0.5) is 17.6 Å². The molecule has 0 amide bonds. The second-order valence-electron chi connectivity index (χ2n) is 7.53. The molecule has 7 nitrogen and oxygen atoms in total. The molecule has 0 aliphatic heterocycles. The Bertz CT molecular complexity index is 1300. The number of hydrogen-bond acceptors (Lipinski definition) is 6. The molecule has 170 valence electrons. The molecule has 1 N–H and O–H groups in total. The minimum absolute atomic E-state index is 0.0118. The molecule has 0 bridgehead atoms. The lowest BCUT2D eigenvalue weighted by atomic mass is 9.89. The summed E-state index contributed by atoms with van der Waals surface area (Å²) >= 11 is 6.19. The van der Waals surface area contributed by atoms with Gasteiger partial charge in [0, 0.05) is 12.4 Å². The van der Waals surface area contributed by atoms with Gasteiger partial charge in [-0.1, -0.05) is 22.8 Å². The van der Waals surface area contributed by atoms with Gasteiger partial charge in [-0.3, -0.25) is 4.68 Å². The van der Waals surface area contributed by atoms with E-state index in [1.54, 1.807) is 0 Å². The summed E-state index contributed by atoms with van der Waals surface area (Å²) in [5.74, 6) is -1.09. The first kappa shape index (κ1) is 21.5. The molecule has 1 fully saturated rings. The van der Waals surface area contributed by atoms with Crippen molar-refractivity contribution in [1.29, 1.82) is 0 Å². The summed E-state index contributed by atoms with van der Waals surface area (Å²) < 4.78 is 63.3. The van der Waals surface area contributed by atoms with Crippen LogP contribution in [-0.4, -0.2) is 36.1 Å². The van der Waals surface area contributed by atoms with Crippen molar-refractivity contribution in [2.45, 2.75) is 31.2 Å². The minimum Gasteiger partial charge on any atom is -0.393 e. The summed E-state index contributed by atoms with van der Waals surface area (Å²) in [6, 6.07) is 4.86. The topological polar surface area (TPSA) is 89.9 Å². The number of hydrogen-bond donors (Lipinski definition) is 1. The first-order valence-electron chi connectivity index (χ1n) is 9.80. The lowest BCUT2D eigenvalue weighted by Crippen LogP contribution is -2.33. The van der Waals surface area contributed by atoms with Crippen LogP contribution < -0.4 is 0 Å². The molecule has 1 aliphatic rings. The Kier molecular flexibility index (Phi) is 5.17. The predicted octanol–water partition coefficient (Wildman–Crippen LogP) is 5.17. The highest BCUT2D eigenvalue weighted by molar-refractivity contribution is 6.33. The second-order valence-corrected chi connectivity index (χ2v) is 7.94. The van der Waals surface area contributed by atoms with E-state index in [1.165, 1.54) is 30.6 Å². The summed E-state index contributed by atoms with van der Waals surface area (Å²) in [5.41, 5.74) is -1.82. The van der Waals surface area contributed by atoms with E-state index in [1.807, 2.05) is 0 Å². The van der Waals surface area contributed by atoms with Crippen molar-refractivity contribution < 1.29 is 27.2 Å². The molecule has 0 radical (unpaired) electrons. The second kappa shape index (κ2) is 7.92. The van der Waals surface area contributed by atoms with E-state index < -0.39 is 35.4 Å². The van der Waals surface area contributed by atoms with E-state index in [0.29, 0.717) is 0 Å². The molecule has 0 spiro atoms. The van der Waals surface area contributed by atoms with Gasteiger partial charge in [0.05, 0.1) is 40.1 Å². The number of benzene rings is 1. The maximum Gasteiger partial charge on any atom is 0.433 e. The highest BCUT2D eigenvalue weighted by Crippen LogP contribution is 2.47. The molecular formula is C21H14ClF4N5O2. The van der Waals surface area contributed by atoms with Gasteiger partial charge in [-0.05, 0) is 31.0 Å². The van der Waals surface area contributed by atoms with Gasteiger partial charge in [0.1, 0.15) is 11.5 Å². The lowest BCUT2D eigenvalue weighted by Gasteiger charge is -2.33. The van der Waals surface area contributed by atoms with Gasteiger partial charge in [0.2, 0.25) is 0 Å². The zero-order valence-corrected chi connectivity index (χ0v) is 17.3. The summed E-state index contributed by atoms with van der Waals surface area (Å²) in [7, 11) is 0. The quantitative estimate of drug-likeness (QED) is 0.406. The number of aliphatic hydroxyl groups is 1. The first-order valence-corrected chi connectivity index (χ1v) is 10.2. The summed E-state index contributed by atoms with van der Waals surface area (Å²) in [5, 5.41) is 17.3. The maximum absolute atomic E-state index is 14.7. The average Bonchev–Trinajstić information content (AvgIpc) is 3.36. The van der Waals surface area contributed by atoms with E-state index in [4.69, 9.17) is 16.1 Å². The molecule has 1 saturated carbocycles. The molecule has 5 rings (SSSR count). The third kappa shape index (κ3) is 3.66. The van der Waals surface area contributed by atoms with E-state index in [0.717, 1.165) is 16.9 Å². The largest absolute Gasteiger partial charge is 0.433 e. The Labute approximate surface area is 188 Å². The highest BCUT2D eigenvalue weighted by Gasteiger charge is 2.44. The van der Waals surface area contributed by atoms with Gasteiger partial charge >= 0.3 is 6.18 Å². The Balaban J connectivity index is 1.77. The van der Waals surface area contributed by atoms with E-state index >= 15 is 0 Å². The van der Waals surface area contributed by atoms with Gasteiger partial charge in [-0.15, -0.1) is 0 Å². The normalized spacial score (nSPS) is 18.4.